The van der Waals surface area contributed by atoms with Gasteiger partial charge in [0.15, 0.2) is 0 Å². The molecule has 1 aromatic carbocycles. The summed E-state index contributed by atoms with van der Waals surface area (Å²) < 4.78 is 2.17. The molecule has 4 rings (SSSR count). The number of aromatic nitrogens is 4. The zero-order valence-electron chi connectivity index (χ0n) is 15.8. The van der Waals surface area contributed by atoms with Crippen LogP contribution in [-0.4, -0.2) is 46.4 Å². The molecule has 0 amide bonds. The predicted octanol–water partition coefficient (Wildman–Crippen LogP) is 2.03. The van der Waals surface area contributed by atoms with Crippen LogP contribution in [0.2, 0.25) is 0 Å². The molecule has 6 nitrogen and oxygen atoms in total. The van der Waals surface area contributed by atoms with Gasteiger partial charge in [-0.25, -0.2) is 4.68 Å². The van der Waals surface area contributed by atoms with Gasteiger partial charge in [0.2, 0.25) is 5.82 Å². The third-order valence-electron chi connectivity index (χ3n) is 6.18. The summed E-state index contributed by atoms with van der Waals surface area (Å²) in [4.78, 5) is 4.13. The topological polar surface area (TPSA) is 51.3 Å². The molecule has 2 fully saturated rings. The SMILES string of the molecule is CC[C@H](c1nnnn1C1CCCCC1)[NH+]1CCN(c2ccccc2)CC1. The quantitative estimate of drug-likeness (QED) is 0.892. The highest BCUT2D eigenvalue weighted by molar-refractivity contribution is 5.46. The largest absolute Gasteiger partial charge is 0.360 e. The second-order valence-electron chi connectivity index (χ2n) is 7.72. The third kappa shape index (κ3) is 3.61. The fourth-order valence-corrected chi connectivity index (χ4v) is 4.71. The molecule has 1 saturated carbocycles. The number of quaternary nitrogens is 1. The molecule has 2 aromatic rings. The molecule has 1 N–H and O–H groups in total. The summed E-state index contributed by atoms with van der Waals surface area (Å²) >= 11 is 0. The van der Waals surface area contributed by atoms with Crippen LogP contribution in [0.15, 0.2) is 30.3 Å². The molecule has 140 valence electrons. The molecule has 26 heavy (non-hydrogen) atoms. The van der Waals surface area contributed by atoms with Crippen LogP contribution in [0.25, 0.3) is 0 Å². The first-order chi connectivity index (χ1) is 12.9. The summed E-state index contributed by atoms with van der Waals surface area (Å²) in [7, 11) is 0. The predicted molar refractivity (Wildman–Crippen MR) is 102 cm³/mol. The van der Waals surface area contributed by atoms with Crippen molar-refractivity contribution < 1.29 is 4.90 Å². The number of para-hydroxylation sites is 1. The Hall–Kier alpha value is -1.95. The highest BCUT2D eigenvalue weighted by Gasteiger charge is 2.33. The van der Waals surface area contributed by atoms with Gasteiger partial charge in [-0.2, -0.15) is 0 Å². The van der Waals surface area contributed by atoms with E-state index >= 15 is 0 Å². The number of anilines is 1. The van der Waals surface area contributed by atoms with Crippen LogP contribution >= 0.6 is 0 Å². The fraction of sp³-hybridized carbons (Fsp3) is 0.650. The number of rotatable bonds is 5. The number of nitrogens with one attached hydrogen (secondary N) is 1. The smallest absolute Gasteiger partial charge is 0.209 e. The number of hydrogen-bond acceptors (Lipinski definition) is 4. The molecular formula is C20H31N6+. The number of tetrazole rings is 1. The van der Waals surface area contributed by atoms with Gasteiger partial charge in [-0.15, -0.1) is 5.10 Å². The molecule has 1 aliphatic heterocycles. The molecular weight excluding hydrogens is 324 g/mol. The minimum Gasteiger partial charge on any atom is -0.360 e. The molecule has 2 aliphatic rings. The second kappa shape index (κ2) is 8.16. The molecule has 0 spiro atoms. The summed E-state index contributed by atoms with van der Waals surface area (Å²) in [6.07, 6.45) is 7.52. The van der Waals surface area contributed by atoms with E-state index < -0.39 is 0 Å². The van der Waals surface area contributed by atoms with Gasteiger partial charge in [-0.05, 0) is 35.4 Å². The van der Waals surface area contributed by atoms with Crippen LogP contribution in [0.5, 0.6) is 0 Å². The van der Waals surface area contributed by atoms with E-state index in [4.69, 9.17) is 0 Å². The Kier molecular flexibility index (Phi) is 5.48. The average Bonchev–Trinajstić information content (AvgIpc) is 3.20. The van der Waals surface area contributed by atoms with Crippen LogP contribution in [0.1, 0.15) is 63.4 Å². The van der Waals surface area contributed by atoms with Gasteiger partial charge in [0.05, 0.1) is 32.2 Å². The minimum atomic E-state index is 0.407. The first-order valence-corrected chi connectivity index (χ1v) is 10.3. The molecule has 6 heteroatoms. The van der Waals surface area contributed by atoms with Crippen molar-refractivity contribution in [1.82, 2.24) is 20.2 Å². The second-order valence-corrected chi connectivity index (χ2v) is 7.72. The molecule has 1 saturated heterocycles. The van der Waals surface area contributed by atoms with Crippen molar-refractivity contribution in [2.24, 2.45) is 0 Å². The maximum atomic E-state index is 4.48. The molecule has 1 atom stereocenters. The van der Waals surface area contributed by atoms with Crippen LogP contribution in [0.3, 0.4) is 0 Å². The fourth-order valence-electron chi connectivity index (χ4n) is 4.71. The zero-order valence-corrected chi connectivity index (χ0v) is 15.8. The van der Waals surface area contributed by atoms with Gasteiger partial charge < -0.3 is 9.80 Å². The Morgan fingerprint density at radius 3 is 2.50 bits per heavy atom. The van der Waals surface area contributed by atoms with Crippen molar-refractivity contribution in [3.8, 4) is 0 Å². The molecule has 0 bridgehead atoms. The van der Waals surface area contributed by atoms with Gasteiger partial charge in [0.1, 0.15) is 6.04 Å². The van der Waals surface area contributed by atoms with Gasteiger partial charge in [-0.1, -0.05) is 44.4 Å². The van der Waals surface area contributed by atoms with Crippen molar-refractivity contribution in [3.05, 3.63) is 36.2 Å². The molecule has 0 radical (unpaired) electrons. The Bertz CT molecular complexity index is 671. The van der Waals surface area contributed by atoms with Crippen molar-refractivity contribution in [3.63, 3.8) is 0 Å². The first kappa shape index (κ1) is 17.5. The standard InChI is InChI=1S/C20H30N6/c1-2-19(20-21-22-23-26(20)18-11-7-4-8-12-18)25-15-13-24(14-16-25)17-9-5-3-6-10-17/h3,5-6,9-10,18-19H,2,4,7-8,11-16H2,1H3/p+1/t19-/m1/s1. The van der Waals surface area contributed by atoms with Gasteiger partial charge in [0, 0.05) is 12.1 Å². The Morgan fingerprint density at radius 1 is 1.08 bits per heavy atom. The van der Waals surface area contributed by atoms with Crippen molar-refractivity contribution >= 4 is 5.69 Å². The number of benzene rings is 1. The lowest BCUT2D eigenvalue weighted by atomic mass is 9.95. The Morgan fingerprint density at radius 2 is 1.81 bits per heavy atom. The third-order valence-corrected chi connectivity index (χ3v) is 6.18. The lowest BCUT2D eigenvalue weighted by molar-refractivity contribution is -0.933. The van der Waals surface area contributed by atoms with Gasteiger partial charge >= 0.3 is 0 Å². The van der Waals surface area contributed by atoms with E-state index in [1.165, 1.54) is 37.8 Å². The van der Waals surface area contributed by atoms with Crippen molar-refractivity contribution in [2.45, 2.75) is 57.5 Å². The highest BCUT2D eigenvalue weighted by atomic mass is 15.6. The number of piperazine rings is 1. The lowest BCUT2D eigenvalue weighted by Gasteiger charge is -2.37. The van der Waals surface area contributed by atoms with Crippen molar-refractivity contribution in [2.75, 3.05) is 31.1 Å². The molecule has 1 aromatic heterocycles. The number of hydrogen-bond donors (Lipinski definition) is 1. The van der Waals surface area contributed by atoms with E-state index in [1.807, 2.05) is 0 Å². The van der Waals surface area contributed by atoms with E-state index in [1.54, 1.807) is 4.90 Å². The van der Waals surface area contributed by atoms with Crippen LogP contribution < -0.4 is 9.80 Å². The lowest BCUT2D eigenvalue weighted by Crippen LogP contribution is -3.15. The van der Waals surface area contributed by atoms with Crippen molar-refractivity contribution in [1.29, 1.82) is 0 Å². The van der Waals surface area contributed by atoms with Gasteiger partial charge in [-0.3, -0.25) is 0 Å². The van der Waals surface area contributed by atoms with Crippen LogP contribution in [0.4, 0.5) is 5.69 Å². The maximum Gasteiger partial charge on any atom is 0.209 e. The molecule has 1 aliphatic carbocycles. The van der Waals surface area contributed by atoms with Crippen LogP contribution in [0, 0.1) is 0 Å². The average molecular weight is 356 g/mol. The van der Waals surface area contributed by atoms with E-state index in [9.17, 15) is 0 Å². The summed E-state index contributed by atoms with van der Waals surface area (Å²) in [5, 5.41) is 12.9. The van der Waals surface area contributed by atoms with Crippen LogP contribution in [-0.2, 0) is 0 Å². The Labute approximate surface area is 156 Å². The summed E-state index contributed by atoms with van der Waals surface area (Å²) in [5.41, 5.74) is 1.34. The molecule has 2 heterocycles. The van der Waals surface area contributed by atoms with E-state index in [0.29, 0.717) is 12.1 Å². The first-order valence-electron chi connectivity index (χ1n) is 10.3. The zero-order chi connectivity index (χ0) is 17.8. The van der Waals surface area contributed by atoms with E-state index in [-0.39, 0.29) is 0 Å². The Balaban J connectivity index is 1.45. The van der Waals surface area contributed by atoms with E-state index in [2.05, 4.69) is 62.4 Å². The number of nitrogens with zero attached hydrogens (tertiary/aromatic N) is 5. The summed E-state index contributed by atoms with van der Waals surface area (Å²) in [6.45, 7) is 6.76. The minimum absolute atomic E-state index is 0.407. The van der Waals surface area contributed by atoms with E-state index in [0.717, 1.165) is 38.4 Å². The highest BCUT2D eigenvalue weighted by Crippen LogP contribution is 2.29. The monoisotopic (exact) mass is 355 g/mol. The summed E-state index contributed by atoms with van der Waals surface area (Å²) in [5.74, 6) is 1.11. The van der Waals surface area contributed by atoms with Gasteiger partial charge in [0.25, 0.3) is 0 Å². The summed E-state index contributed by atoms with van der Waals surface area (Å²) in [6, 6.07) is 11.7. The maximum absolute atomic E-state index is 4.48. The molecule has 0 unspecified atom stereocenters. The normalized spacial score (nSPS) is 21.0.